The number of nitrogens with one attached hydrogen (secondary N) is 1. The van der Waals surface area contributed by atoms with Gasteiger partial charge in [-0.15, -0.1) is 0 Å². The third kappa shape index (κ3) is 9.16. The van der Waals surface area contributed by atoms with E-state index in [1.54, 1.807) is 24.3 Å². The number of carbonyl (C=O) groups excluding carboxylic acids is 2. The van der Waals surface area contributed by atoms with E-state index >= 15 is 0 Å². The average Bonchev–Trinajstić information content (AvgIpc) is 3.07. The molecule has 1 N–H and O–H groups in total. The van der Waals surface area contributed by atoms with Crippen molar-refractivity contribution in [2.45, 2.75) is 62.0 Å². The zero-order chi connectivity index (χ0) is 33.4. The third-order valence-corrected chi connectivity index (χ3v) is 11.1. The summed E-state index contributed by atoms with van der Waals surface area (Å²) < 4.78 is 30.2. The van der Waals surface area contributed by atoms with Crippen LogP contribution in [0.1, 0.15) is 43.2 Å². The predicted octanol–water partition coefficient (Wildman–Crippen LogP) is 8.04. The van der Waals surface area contributed by atoms with Crippen molar-refractivity contribution in [1.29, 1.82) is 0 Å². The lowest BCUT2D eigenvalue weighted by Gasteiger charge is -2.35. The molecule has 4 aromatic carbocycles. The van der Waals surface area contributed by atoms with Crippen LogP contribution in [0.5, 0.6) is 0 Å². The smallest absolute Gasteiger partial charge is 0.264 e. The average molecular weight is 758 g/mol. The monoisotopic (exact) mass is 755 g/mol. The lowest BCUT2D eigenvalue weighted by Crippen LogP contribution is -2.55. The summed E-state index contributed by atoms with van der Waals surface area (Å²) in [5.74, 6) is -0.845. The molecule has 11 heteroatoms. The molecule has 5 rings (SSSR count). The number of hydrogen-bond donors (Lipinski definition) is 1. The molecule has 0 aliphatic heterocycles. The number of rotatable bonds is 12. The number of anilines is 1. The van der Waals surface area contributed by atoms with E-state index in [4.69, 9.17) is 23.2 Å². The maximum Gasteiger partial charge on any atom is 0.264 e. The van der Waals surface area contributed by atoms with Crippen molar-refractivity contribution in [3.8, 4) is 0 Å². The number of benzene rings is 4. The van der Waals surface area contributed by atoms with Crippen molar-refractivity contribution in [1.82, 2.24) is 10.2 Å². The van der Waals surface area contributed by atoms with Crippen molar-refractivity contribution >= 4 is 66.7 Å². The first-order valence-corrected chi connectivity index (χ1v) is 18.5. The Morgan fingerprint density at radius 1 is 0.830 bits per heavy atom. The molecule has 1 fully saturated rings. The van der Waals surface area contributed by atoms with Gasteiger partial charge in [-0.1, -0.05) is 119 Å². The van der Waals surface area contributed by atoms with Crippen LogP contribution in [0.2, 0.25) is 10.0 Å². The van der Waals surface area contributed by atoms with Crippen LogP contribution in [-0.2, 0) is 32.6 Å². The van der Waals surface area contributed by atoms with Crippen LogP contribution in [0.3, 0.4) is 0 Å². The van der Waals surface area contributed by atoms with E-state index in [9.17, 15) is 18.0 Å². The fourth-order valence-electron chi connectivity index (χ4n) is 5.84. The van der Waals surface area contributed by atoms with E-state index < -0.39 is 28.5 Å². The Morgan fingerprint density at radius 2 is 1.49 bits per heavy atom. The summed E-state index contributed by atoms with van der Waals surface area (Å²) in [6, 6.07) is 28.4. The van der Waals surface area contributed by atoms with Gasteiger partial charge in [0.2, 0.25) is 11.8 Å². The van der Waals surface area contributed by atoms with Crippen LogP contribution in [-0.4, -0.2) is 43.8 Å². The highest BCUT2D eigenvalue weighted by Gasteiger charge is 2.36. The second-order valence-corrected chi connectivity index (χ2v) is 15.2. The number of amides is 2. The second-order valence-electron chi connectivity index (χ2n) is 11.6. The highest BCUT2D eigenvalue weighted by molar-refractivity contribution is 9.10. The first-order chi connectivity index (χ1) is 22.6. The number of halogens is 3. The molecule has 47 heavy (non-hydrogen) atoms. The van der Waals surface area contributed by atoms with Gasteiger partial charge in [0.05, 0.1) is 15.6 Å². The molecule has 246 valence electrons. The van der Waals surface area contributed by atoms with E-state index in [1.165, 1.54) is 29.2 Å². The number of sulfonamides is 1. The minimum absolute atomic E-state index is 0.0116. The minimum Gasteiger partial charge on any atom is -0.352 e. The van der Waals surface area contributed by atoms with Crippen LogP contribution in [0, 0.1) is 0 Å². The molecule has 4 aromatic rings. The van der Waals surface area contributed by atoms with E-state index in [2.05, 4.69) is 21.2 Å². The molecular weight excluding hydrogens is 721 g/mol. The van der Waals surface area contributed by atoms with Crippen molar-refractivity contribution in [2.24, 2.45) is 0 Å². The zero-order valence-corrected chi connectivity index (χ0v) is 29.6. The summed E-state index contributed by atoms with van der Waals surface area (Å²) in [6.45, 7) is -0.552. The van der Waals surface area contributed by atoms with Gasteiger partial charge >= 0.3 is 0 Å². The maximum absolute atomic E-state index is 14.7. The molecule has 0 saturated heterocycles. The van der Waals surface area contributed by atoms with Crippen molar-refractivity contribution < 1.29 is 18.0 Å². The Bertz CT molecular complexity index is 1790. The van der Waals surface area contributed by atoms with Gasteiger partial charge in [-0.25, -0.2) is 8.42 Å². The third-order valence-electron chi connectivity index (χ3n) is 8.25. The van der Waals surface area contributed by atoms with E-state index in [-0.39, 0.29) is 45.5 Å². The molecule has 1 saturated carbocycles. The largest absolute Gasteiger partial charge is 0.352 e. The number of hydrogen-bond acceptors (Lipinski definition) is 4. The Balaban J connectivity index is 1.58. The normalized spacial score (nSPS) is 14.3. The Hall–Kier alpha value is -3.37. The van der Waals surface area contributed by atoms with Gasteiger partial charge in [0, 0.05) is 28.5 Å². The number of nitrogens with zero attached hydrogens (tertiary/aromatic N) is 2. The van der Waals surface area contributed by atoms with E-state index in [0.717, 1.165) is 52.0 Å². The lowest BCUT2D eigenvalue weighted by atomic mass is 9.94. The Morgan fingerprint density at radius 3 is 2.17 bits per heavy atom. The van der Waals surface area contributed by atoms with Gasteiger partial charge in [0.15, 0.2) is 0 Å². The Labute approximate surface area is 295 Å². The molecule has 1 aliphatic carbocycles. The maximum atomic E-state index is 14.7. The zero-order valence-electron chi connectivity index (χ0n) is 25.7. The van der Waals surface area contributed by atoms with Crippen LogP contribution >= 0.6 is 39.1 Å². The fraction of sp³-hybridized carbons (Fsp3) is 0.278. The molecule has 0 unspecified atom stereocenters. The molecule has 7 nitrogen and oxygen atoms in total. The molecule has 2 amide bonds. The minimum atomic E-state index is -4.29. The van der Waals surface area contributed by atoms with Gasteiger partial charge in [-0.05, 0) is 66.4 Å². The van der Waals surface area contributed by atoms with Crippen molar-refractivity contribution in [3.05, 3.63) is 129 Å². The Kier molecular flexibility index (Phi) is 12.0. The van der Waals surface area contributed by atoms with E-state index in [0.29, 0.717) is 0 Å². The van der Waals surface area contributed by atoms with Gasteiger partial charge < -0.3 is 10.2 Å². The molecule has 1 atom stereocenters. The van der Waals surface area contributed by atoms with Crippen LogP contribution < -0.4 is 9.62 Å². The lowest BCUT2D eigenvalue weighted by molar-refractivity contribution is -0.140. The van der Waals surface area contributed by atoms with Crippen molar-refractivity contribution in [3.63, 3.8) is 0 Å². The molecule has 0 aromatic heterocycles. The fourth-order valence-corrected chi connectivity index (χ4v) is 8.17. The molecule has 0 bridgehead atoms. The van der Waals surface area contributed by atoms with Crippen LogP contribution in [0.15, 0.2) is 112 Å². The first kappa shape index (κ1) is 35.0. The number of carbonyl (C=O) groups is 2. The van der Waals surface area contributed by atoms with Gasteiger partial charge in [-0.3, -0.25) is 13.9 Å². The van der Waals surface area contributed by atoms with Gasteiger partial charge in [0.25, 0.3) is 10.0 Å². The topological polar surface area (TPSA) is 86.8 Å². The summed E-state index contributed by atoms with van der Waals surface area (Å²) in [6.07, 6.45) is 5.18. The highest BCUT2D eigenvalue weighted by Crippen LogP contribution is 2.33. The molecule has 0 heterocycles. The molecule has 0 spiro atoms. The molecule has 1 aliphatic rings. The van der Waals surface area contributed by atoms with Gasteiger partial charge in [-0.2, -0.15) is 0 Å². The summed E-state index contributed by atoms with van der Waals surface area (Å²) in [7, 11) is -4.29. The molecular formula is C36H36BrCl2N3O4S. The SMILES string of the molecule is O=C(NC1CCCCC1)[C@H](Cc1ccccc1)N(Cc1cccc(Br)c1)C(=O)CN(c1cc(Cl)ccc1Cl)S(=O)(=O)c1ccccc1. The first-order valence-electron chi connectivity index (χ1n) is 15.5. The quantitative estimate of drug-likeness (QED) is 0.159. The second kappa shape index (κ2) is 16.2. The van der Waals surface area contributed by atoms with Crippen molar-refractivity contribution in [2.75, 3.05) is 10.8 Å². The summed E-state index contributed by atoms with van der Waals surface area (Å²) >= 11 is 16.4. The summed E-state index contributed by atoms with van der Waals surface area (Å²) in [4.78, 5) is 30.3. The highest BCUT2D eigenvalue weighted by atomic mass is 79.9. The van der Waals surface area contributed by atoms with Crippen LogP contribution in [0.25, 0.3) is 0 Å². The summed E-state index contributed by atoms with van der Waals surface area (Å²) in [5, 5.41) is 3.58. The molecule has 0 radical (unpaired) electrons. The van der Waals surface area contributed by atoms with E-state index in [1.807, 2.05) is 54.6 Å². The predicted molar refractivity (Wildman–Crippen MR) is 191 cm³/mol. The van der Waals surface area contributed by atoms with Gasteiger partial charge in [0.1, 0.15) is 12.6 Å². The van der Waals surface area contributed by atoms with Crippen LogP contribution in [0.4, 0.5) is 5.69 Å². The standard InChI is InChI=1S/C36H36BrCl2N3O4S/c37-28-14-10-13-27(21-28)24-41(34(22-26-11-4-1-5-12-26)36(44)40-30-15-6-2-7-16-30)35(43)25-42(33-23-29(38)19-20-32(33)39)47(45,46)31-17-8-3-9-18-31/h1,3-5,8-14,17-21,23,30,34H,2,6-7,15-16,22,24-25H2,(H,40,44)/t34-/m0/s1. The summed E-state index contributed by atoms with van der Waals surface area (Å²) in [5.41, 5.74) is 1.70.